The first-order valence-corrected chi connectivity index (χ1v) is 31.2. The quantitative estimate of drug-likeness (QED) is 0.142. The third-order valence-electron chi connectivity index (χ3n) is 23.8. The molecule has 13 aliphatic rings. The lowest BCUT2D eigenvalue weighted by molar-refractivity contribution is -0.0961. The van der Waals surface area contributed by atoms with Gasteiger partial charge in [0, 0.05) is 38.7 Å². The number of aryl methyl sites for hydroxylation is 2. The Morgan fingerprint density at radius 2 is 1.34 bits per heavy atom. The summed E-state index contributed by atoms with van der Waals surface area (Å²) in [6.07, 6.45) is 31.6. The number of hydrogen-bond donors (Lipinski definition) is 3. The Balaban J connectivity index is 0.573. The van der Waals surface area contributed by atoms with Gasteiger partial charge in [0.05, 0.1) is 20.3 Å². The number of carbonyl (C=O) groups excluding carboxylic acids is 2. The van der Waals surface area contributed by atoms with Gasteiger partial charge in [0.2, 0.25) is 0 Å². The number of hydrogen-bond acceptors (Lipinski definition) is 6. The van der Waals surface area contributed by atoms with Crippen LogP contribution < -0.4 is 16.0 Å². The number of nitrogens with one attached hydrogen (secondary N) is 3. The summed E-state index contributed by atoms with van der Waals surface area (Å²) in [5.41, 5.74) is 5.58. The van der Waals surface area contributed by atoms with E-state index < -0.39 is 0 Å². The zero-order valence-electron chi connectivity index (χ0n) is 40.5. The van der Waals surface area contributed by atoms with E-state index in [0.717, 1.165) is 88.4 Å². The molecule has 13 atom stereocenters. The van der Waals surface area contributed by atoms with Crippen molar-refractivity contribution in [2.24, 2.45) is 86.3 Å². The van der Waals surface area contributed by atoms with Gasteiger partial charge in [0.1, 0.15) is 0 Å². The van der Waals surface area contributed by atoms with E-state index in [0.29, 0.717) is 33.0 Å². The van der Waals surface area contributed by atoms with Gasteiger partial charge in [-0.05, 0) is 299 Å². The molecular weight excluding hydrogens is 959 g/mol. The Labute approximate surface area is 426 Å². The highest BCUT2D eigenvalue weighted by Gasteiger charge is 2.76. The molecule has 68 heavy (non-hydrogen) atoms. The fourth-order valence-corrected chi connectivity index (χ4v) is 25.9. The van der Waals surface area contributed by atoms with Crippen LogP contribution in [0, 0.1) is 93.2 Å². The van der Waals surface area contributed by atoms with Crippen LogP contribution in [0.1, 0.15) is 186 Å². The van der Waals surface area contributed by atoms with E-state index in [-0.39, 0.29) is 11.8 Å². The van der Waals surface area contributed by atoms with Gasteiger partial charge in [-0.2, -0.15) is 0 Å². The van der Waals surface area contributed by atoms with Gasteiger partial charge in [-0.1, -0.05) is 0 Å². The monoisotopic (exact) mass is 1030 g/mol. The van der Waals surface area contributed by atoms with Gasteiger partial charge >= 0.3 is 0 Å². The van der Waals surface area contributed by atoms with Gasteiger partial charge in [0.25, 0.3) is 11.8 Å². The molecule has 0 aliphatic heterocycles. The lowest BCUT2D eigenvalue weighted by Gasteiger charge is -2.60. The van der Waals surface area contributed by atoms with Gasteiger partial charge < -0.3 is 16.0 Å². The summed E-state index contributed by atoms with van der Waals surface area (Å²) in [4.78, 5) is 34.5. The van der Waals surface area contributed by atoms with E-state index in [2.05, 4.69) is 74.4 Å². The molecule has 9 heteroatoms. The Bertz CT molecular complexity index is 2570. The molecule has 2 spiro atoms. The van der Waals surface area contributed by atoms with Crippen LogP contribution in [0.15, 0.2) is 40.4 Å². The molecule has 3 aromatic heterocycles. The van der Waals surface area contributed by atoms with Crippen LogP contribution in [-0.4, -0.2) is 31.4 Å². The summed E-state index contributed by atoms with van der Waals surface area (Å²) in [5, 5.41) is 11.3. The second kappa shape index (κ2) is 15.5. The number of rotatable bonds is 15. The van der Waals surface area contributed by atoms with Crippen LogP contribution in [0.4, 0.5) is 0 Å². The zero-order chi connectivity index (χ0) is 45.4. The van der Waals surface area contributed by atoms with Gasteiger partial charge in [-0.25, -0.2) is 0 Å². The van der Waals surface area contributed by atoms with Crippen LogP contribution in [0.25, 0.3) is 5.70 Å². The minimum atomic E-state index is 0.124. The summed E-state index contributed by atoms with van der Waals surface area (Å²) < 4.78 is 1.35. The van der Waals surface area contributed by atoms with Crippen molar-refractivity contribution >= 4 is 67.5 Å². The second-order valence-corrected chi connectivity index (χ2v) is 31.2. The molecule has 3 heterocycles. The van der Waals surface area contributed by atoms with Crippen LogP contribution >= 0.6 is 49.9 Å². The van der Waals surface area contributed by atoms with E-state index in [9.17, 15) is 9.59 Å². The molecule has 16 rings (SSSR count). The van der Waals surface area contributed by atoms with Crippen molar-refractivity contribution in [2.45, 2.75) is 161 Å². The Morgan fingerprint density at radius 3 is 2.15 bits per heavy atom. The van der Waals surface area contributed by atoms with Crippen LogP contribution in [0.5, 0.6) is 0 Å². The average Bonchev–Trinajstić information content (AvgIpc) is 4.20. The molecule has 13 unspecified atom stereocenters. The summed E-state index contributed by atoms with van der Waals surface area (Å²) >= 11 is 9.76. The summed E-state index contributed by atoms with van der Waals surface area (Å²) in [5.74, 6) is 9.82. The number of fused-ring (bicyclic) bond motifs is 4. The van der Waals surface area contributed by atoms with Crippen molar-refractivity contribution < 1.29 is 9.59 Å². The fourth-order valence-electron chi connectivity index (χ4n) is 21.9. The number of carbonyl (C=O) groups is 2. The van der Waals surface area contributed by atoms with Crippen LogP contribution in [0.3, 0.4) is 0 Å². The Hall–Kier alpha value is -1.94. The van der Waals surface area contributed by atoms with Crippen LogP contribution in [-0.2, 0) is 6.42 Å². The van der Waals surface area contributed by atoms with Crippen molar-refractivity contribution in [1.82, 2.24) is 16.0 Å². The minimum Gasteiger partial charge on any atom is -0.383 e. The maximum absolute atomic E-state index is 14.0. The van der Waals surface area contributed by atoms with Crippen molar-refractivity contribution in [2.75, 3.05) is 19.6 Å². The lowest BCUT2D eigenvalue weighted by Crippen LogP contribution is -2.57. The van der Waals surface area contributed by atoms with E-state index in [1.807, 2.05) is 6.07 Å². The molecule has 0 aromatic carbocycles. The third kappa shape index (κ3) is 6.36. The maximum atomic E-state index is 14.0. The van der Waals surface area contributed by atoms with Crippen molar-refractivity contribution in [3.63, 3.8) is 0 Å². The zero-order valence-corrected chi connectivity index (χ0v) is 44.6. The standard InChI is InChI=1S/C59H74BrN3O2S3/c1-33-9-11-47(66-33)53(64)62-30-55-19-35-14-38(23-55)45(39(15-35)24-55)8-4-7-44-10-12-48(67-44)54(65)63-32-57-25-41-27-59(57)26-40(17-43(59)29-57)50(41)49-18-46(60)52(68-49)51(37-5-2-3-6-37)61-31-56-20-36-13-34-16-42(28-56)58(56,21-34)22-36/h9-12,18,34-36,38-43,45,50,61H,2-8,13-17,19-32H2,1H3,(H,62,64)(H,63,65). The molecule has 5 nitrogen and oxygen atoms in total. The van der Waals surface area contributed by atoms with Crippen LogP contribution in [0.2, 0.25) is 0 Å². The molecule has 0 radical (unpaired) electrons. The van der Waals surface area contributed by atoms with Gasteiger partial charge in [-0.3, -0.25) is 9.59 Å². The SMILES string of the molecule is Cc1ccc(C(=O)NCC23CC4CC(C2)C(CCCc2ccc(C(=O)NCC56CC7CC58CC(CC8C6)C7c5cc(Br)c(C(NCC67CC8CC9CC(C6)C7(C9)C8)=C6CCCC6)s5)s2)C(C4)C3)s1. The normalized spacial score (nSPS) is 44.3. The molecule has 13 fully saturated rings. The largest absolute Gasteiger partial charge is 0.383 e. The number of allylic oxidation sites excluding steroid dienone is 1. The minimum absolute atomic E-state index is 0.124. The summed E-state index contributed by atoms with van der Waals surface area (Å²) in [6, 6.07) is 11.0. The molecule has 13 saturated carbocycles. The fraction of sp³-hybridized carbons (Fsp3) is 0.729. The van der Waals surface area contributed by atoms with E-state index >= 15 is 0 Å². The van der Waals surface area contributed by atoms with E-state index in [1.54, 1.807) is 58.1 Å². The summed E-state index contributed by atoms with van der Waals surface area (Å²) in [7, 11) is 0. The first-order chi connectivity index (χ1) is 33.0. The summed E-state index contributed by atoms with van der Waals surface area (Å²) in [6.45, 7) is 5.03. The van der Waals surface area contributed by atoms with Gasteiger partial charge in [-0.15, -0.1) is 34.0 Å². The molecule has 13 aliphatic carbocycles. The number of halogens is 1. The average molecular weight is 1030 g/mol. The highest BCUT2D eigenvalue weighted by Crippen LogP contribution is 2.84. The molecule has 10 bridgehead atoms. The second-order valence-electron chi connectivity index (χ2n) is 26.8. The predicted molar refractivity (Wildman–Crippen MR) is 280 cm³/mol. The smallest absolute Gasteiger partial charge is 0.261 e. The van der Waals surface area contributed by atoms with Crippen molar-refractivity contribution in [3.8, 4) is 0 Å². The maximum Gasteiger partial charge on any atom is 0.261 e. The molecular formula is C59H74BrN3O2S3. The Morgan fingerprint density at radius 1 is 0.647 bits per heavy atom. The molecule has 3 N–H and O–H groups in total. The number of thiophene rings is 3. The highest BCUT2D eigenvalue weighted by atomic mass is 79.9. The number of amides is 2. The molecule has 3 aromatic rings. The highest BCUT2D eigenvalue weighted by molar-refractivity contribution is 9.10. The molecule has 0 saturated heterocycles. The third-order valence-corrected chi connectivity index (χ3v) is 28.1. The predicted octanol–water partition coefficient (Wildman–Crippen LogP) is 14.6. The lowest BCUT2D eigenvalue weighted by atomic mass is 9.45. The topological polar surface area (TPSA) is 70.2 Å². The first-order valence-electron chi connectivity index (χ1n) is 28.0. The van der Waals surface area contributed by atoms with E-state index in [1.165, 1.54) is 148 Å². The Kier molecular flexibility index (Phi) is 9.97. The van der Waals surface area contributed by atoms with Gasteiger partial charge in [0.15, 0.2) is 0 Å². The molecule has 362 valence electrons. The van der Waals surface area contributed by atoms with E-state index in [4.69, 9.17) is 0 Å². The molecule has 2 amide bonds. The van der Waals surface area contributed by atoms with Crippen molar-refractivity contribution in [1.29, 1.82) is 0 Å². The first kappa shape index (κ1) is 43.6. The van der Waals surface area contributed by atoms with Crippen molar-refractivity contribution in [3.05, 3.63) is 69.6 Å².